The number of rotatable bonds is 5. The Kier molecular flexibility index (Phi) is 4.95. The van der Waals surface area contributed by atoms with E-state index in [0.29, 0.717) is 35.7 Å². The number of nitrogens with zero attached hydrogens (tertiary/aromatic N) is 2. The number of allylic oxidation sites excluding steroid dienone is 1. The number of carbonyl (C=O) groups is 4. The lowest BCUT2D eigenvalue weighted by molar-refractivity contribution is -0.128. The SMILES string of the molecule is C=CC=NC1=CC2(Cc3ccc(NC(=O)CN4C(=O)C5(C)CC(=O)Nc6cccc4c65)cc3C2)C(=O)N1. The highest BCUT2D eigenvalue weighted by molar-refractivity contribution is 6.17. The van der Waals surface area contributed by atoms with Gasteiger partial charge in [-0.2, -0.15) is 0 Å². The third-order valence-electron chi connectivity index (χ3n) is 7.62. The Balaban J connectivity index is 1.19. The second kappa shape index (κ2) is 7.99. The zero-order valence-electron chi connectivity index (χ0n) is 20.3. The van der Waals surface area contributed by atoms with E-state index in [-0.39, 0.29) is 36.6 Å². The lowest BCUT2D eigenvalue weighted by Crippen LogP contribution is -2.45. The van der Waals surface area contributed by atoms with E-state index in [1.807, 2.05) is 24.3 Å². The lowest BCUT2D eigenvalue weighted by Gasteiger charge is -2.29. The monoisotopic (exact) mass is 495 g/mol. The minimum atomic E-state index is -0.986. The normalized spacial score (nSPS) is 25.2. The maximum Gasteiger partial charge on any atom is 0.244 e. The van der Waals surface area contributed by atoms with E-state index in [0.717, 1.165) is 16.7 Å². The van der Waals surface area contributed by atoms with Gasteiger partial charge >= 0.3 is 0 Å². The molecule has 6 rings (SSSR count). The van der Waals surface area contributed by atoms with Crippen molar-refractivity contribution in [2.45, 2.75) is 31.6 Å². The summed E-state index contributed by atoms with van der Waals surface area (Å²) in [4.78, 5) is 57.0. The van der Waals surface area contributed by atoms with Crippen molar-refractivity contribution in [3.05, 3.63) is 77.6 Å². The molecule has 0 saturated heterocycles. The molecule has 9 heteroatoms. The van der Waals surface area contributed by atoms with Crippen LogP contribution < -0.4 is 20.9 Å². The molecular formula is C28H25N5O4. The smallest absolute Gasteiger partial charge is 0.244 e. The number of nitrogens with one attached hydrogen (secondary N) is 3. The quantitative estimate of drug-likeness (QED) is 0.552. The standard InChI is InChI=1S/C28H25N5O4/c1-3-9-29-21-13-28(25(36)32-21)11-16-7-8-18(10-17(16)12-28)30-23(35)15-33-20-6-4-5-19-24(20)27(2,26(33)37)14-22(34)31-19/h3-10,13H,1,11-12,14-15H2,2H3,(H,30,35)(H,31,34)(H,32,36). The van der Waals surface area contributed by atoms with Gasteiger partial charge in [0.15, 0.2) is 0 Å². The molecule has 0 aromatic heterocycles. The minimum absolute atomic E-state index is 0.0448. The highest BCUT2D eigenvalue weighted by Gasteiger charge is 2.52. The van der Waals surface area contributed by atoms with Crippen LogP contribution in [0.25, 0.3) is 0 Å². The van der Waals surface area contributed by atoms with E-state index in [9.17, 15) is 19.2 Å². The summed E-state index contributed by atoms with van der Waals surface area (Å²) in [5, 5.41) is 8.55. The van der Waals surface area contributed by atoms with Crippen LogP contribution in [0.5, 0.6) is 0 Å². The van der Waals surface area contributed by atoms with Crippen LogP contribution in [0.3, 0.4) is 0 Å². The molecule has 9 nitrogen and oxygen atoms in total. The van der Waals surface area contributed by atoms with Crippen molar-refractivity contribution in [2.75, 3.05) is 22.1 Å². The van der Waals surface area contributed by atoms with Crippen molar-refractivity contribution < 1.29 is 19.2 Å². The van der Waals surface area contributed by atoms with Crippen molar-refractivity contribution >= 4 is 46.9 Å². The number of amides is 4. The van der Waals surface area contributed by atoms with Crippen LogP contribution in [0.15, 0.2) is 65.9 Å². The molecule has 3 heterocycles. The molecule has 4 aliphatic rings. The molecule has 186 valence electrons. The Morgan fingerprint density at radius 3 is 2.76 bits per heavy atom. The fourth-order valence-corrected chi connectivity index (χ4v) is 6.00. The van der Waals surface area contributed by atoms with Gasteiger partial charge in [0.2, 0.25) is 23.6 Å². The molecule has 4 amide bonds. The van der Waals surface area contributed by atoms with Crippen molar-refractivity contribution in [1.29, 1.82) is 0 Å². The third kappa shape index (κ3) is 3.49. The number of benzene rings is 2. The van der Waals surface area contributed by atoms with Gasteiger partial charge in [-0.25, -0.2) is 4.99 Å². The highest BCUT2D eigenvalue weighted by atomic mass is 16.2. The number of hydrogen-bond donors (Lipinski definition) is 3. The predicted octanol–water partition coefficient (Wildman–Crippen LogP) is 2.58. The molecule has 0 radical (unpaired) electrons. The molecule has 2 unspecified atom stereocenters. The van der Waals surface area contributed by atoms with Crippen LogP contribution in [0.4, 0.5) is 17.1 Å². The van der Waals surface area contributed by atoms with Crippen LogP contribution in [0.1, 0.15) is 30.0 Å². The average molecular weight is 496 g/mol. The molecule has 2 atom stereocenters. The van der Waals surface area contributed by atoms with Crippen LogP contribution in [-0.4, -0.2) is 36.4 Å². The largest absolute Gasteiger partial charge is 0.326 e. The summed E-state index contributed by atoms with van der Waals surface area (Å²) < 4.78 is 0. The molecule has 37 heavy (non-hydrogen) atoms. The molecule has 2 aromatic carbocycles. The van der Waals surface area contributed by atoms with Crippen molar-refractivity contribution in [3.8, 4) is 0 Å². The van der Waals surface area contributed by atoms with Gasteiger partial charge in [0.25, 0.3) is 0 Å². The van der Waals surface area contributed by atoms with Crippen LogP contribution >= 0.6 is 0 Å². The summed E-state index contributed by atoms with van der Waals surface area (Å²) >= 11 is 0. The van der Waals surface area contributed by atoms with E-state index >= 15 is 0 Å². The number of carbonyl (C=O) groups excluding carboxylic acids is 4. The molecule has 0 bridgehead atoms. The Morgan fingerprint density at radius 1 is 1.14 bits per heavy atom. The van der Waals surface area contributed by atoms with Gasteiger partial charge in [0.1, 0.15) is 12.4 Å². The van der Waals surface area contributed by atoms with Gasteiger partial charge in [-0.05, 0) is 61.2 Å². The average Bonchev–Trinajstić information content (AvgIpc) is 3.44. The number of anilines is 3. The second-order valence-corrected chi connectivity index (χ2v) is 10.2. The first-order valence-corrected chi connectivity index (χ1v) is 12.1. The fourth-order valence-electron chi connectivity index (χ4n) is 6.00. The summed E-state index contributed by atoms with van der Waals surface area (Å²) in [7, 11) is 0. The van der Waals surface area contributed by atoms with E-state index < -0.39 is 10.8 Å². The van der Waals surface area contributed by atoms with Gasteiger partial charge in [-0.1, -0.05) is 24.8 Å². The Labute approximate surface area is 213 Å². The van der Waals surface area contributed by atoms with Gasteiger partial charge < -0.3 is 20.9 Å². The first-order chi connectivity index (χ1) is 17.7. The molecule has 0 saturated carbocycles. The summed E-state index contributed by atoms with van der Waals surface area (Å²) in [6, 6.07) is 11.0. The third-order valence-corrected chi connectivity index (χ3v) is 7.62. The zero-order valence-corrected chi connectivity index (χ0v) is 20.3. The van der Waals surface area contributed by atoms with E-state index in [1.165, 1.54) is 11.1 Å². The Bertz CT molecular complexity index is 1490. The number of fused-ring (bicyclic) bond motifs is 1. The van der Waals surface area contributed by atoms with E-state index in [2.05, 4.69) is 27.5 Å². The Morgan fingerprint density at radius 2 is 1.95 bits per heavy atom. The van der Waals surface area contributed by atoms with E-state index in [4.69, 9.17) is 0 Å². The topological polar surface area (TPSA) is 120 Å². The van der Waals surface area contributed by atoms with Crippen molar-refractivity contribution in [2.24, 2.45) is 10.4 Å². The minimum Gasteiger partial charge on any atom is -0.326 e. The molecule has 1 aliphatic carbocycles. The number of aliphatic imine (C=N–C) groups is 1. The van der Waals surface area contributed by atoms with Gasteiger partial charge in [-0.3, -0.25) is 19.2 Å². The van der Waals surface area contributed by atoms with Gasteiger partial charge in [-0.15, -0.1) is 0 Å². The highest BCUT2D eigenvalue weighted by Crippen LogP contribution is 2.50. The summed E-state index contributed by atoms with van der Waals surface area (Å²) in [6.07, 6.45) is 6.05. The predicted molar refractivity (Wildman–Crippen MR) is 139 cm³/mol. The molecule has 2 aromatic rings. The van der Waals surface area contributed by atoms with Crippen molar-refractivity contribution in [3.63, 3.8) is 0 Å². The van der Waals surface area contributed by atoms with Crippen LogP contribution in [0.2, 0.25) is 0 Å². The van der Waals surface area contributed by atoms with Gasteiger partial charge in [0, 0.05) is 29.6 Å². The fraction of sp³-hybridized carbons (Fsp3) is 0.250. The van der Waals surface area contributed by atoms with Crippen LogP contribution in [0, 0.1) is 5.41 Å². The Hall–Kier alpha value is -4.53. The first kappa shape index (κ1) is 22.9. The maximum absolute atomic E-state index is 13.4. The molecular weight excluding hydrogens is 470 g/mol. The summed E-state index contributed by atoms with van der Waals surface area (Å²) in [5.74, 6) is -0.403. The molecule has 0 fully saturated rings. The van der Waals surface area contributed by atoms with Crippen molar-refractivity contribution in [1.82, 2.24) is 5.32 Å². The number of hydrogen-bond acceptors (Lipinski definition) is 5. The molecule has 1 spiro atoms. The zero-order chi connectivity index (χ0) is 25.9. The maximum atomic E-state index is 13.4. The first-order valence-electron chi connectivity index (χ1n) is 12.1. The lowest BCUT2D eigenvalue weighted by atomic mass is 9.77. The second-order valence-electron chi connectivity index (χ2n) is 10.2. The summed E-state index contributed by atoms with van der Waals surface area (Å²) in [6.45, 7) is 5.19. The summed E-state index contributed by atoms with van der Waals surface area (Å²) in [5.41, 5.74) is 2.96. The van der Waals surface area contributed by atoms with Crippen LogP contribution in [-0.2, 0) is 37.4 Å². The van der Waals surface area contributed by atoms with Gasteiger partial charge in [0.05, 0.1) is 16.5 Å². The molecule has 3 aliphatic heterocycles. The molecule has 3 N–H and O–H groups in total. The van der Waals surface area contributed by atoms with E-state index in [1.54, 1.807) is 31.2 Å².